The summed E-state index contributed by atoms with van der Waals surface area (Å²) in [6, 6.07) is 4.94. The maximum atomic E-state index is 13.1. The Morgan fingerprint density at radius 2 is 2.42 bits per heavy atom. The number of aliphatic hydroxyl groups excluding tert-OH is 1. The van der Waals surface area contributed by atoms with E-state index in [0.29, 0.717) is 12.2 Å². The fourth-order valence-corrected chi connectivity index (χ4v) is 1.57. The van der Waals surface area contributed by atoms with Gasteiger partial charge in [-0.15, -0.1) is 0 Å². The summed E-state index contributed by atoms with van der Waals surface area (Å²) in [5.74, 6) is -0.181. The monoisotopic (exact) mass is 167 g/mol. The molecule has 1 unspecified atom stereocenters. The highest BCUT2D eigenvalue weighted by molar-refractivity contribution is 5.58. The molecule has 1 aliphatic rings. The molecule has 1 heterocycles. The van der Waals surface area contributed by atoms with E-state index in [1.165, 1.54) is 6.07 Å². The first-order valence-corrected chi connectivity index (χ1v) is 3.96. The van der Waals surface area contributed by atoms with Crippen LogP contribution in [0.3, 0.4) is 0 Å². The molecule has 0 aromatic heterocycles. The average molecular weight is 167 g/mol. The lowest BCUT2D eigenvalue weighted by Gasteiger charge is -2.04. The lowest BCUT2D eigenvalue weighted by molar-refractivity contribution is 0.273. The minimum atomic E-state index is -0.233. The van der Waals surface area contributed by atoms with Crippen molar-refractivity contribution < 1.29 is 9.50 Å². The quantitative estimate of drug-likeness (QED) is 0.661. The Morgan fingerprint density at radius 1 is 1.58 bits per heavy atom. The molecule has 3 heteroatoms. The molecule has 0 bridgehead atoms. The smallest absolute Gasteiger partial charge is 0.146 e. The van der Waals surface area contributed by atoms with Gasteiger partial charge in [-0.2, -0.15) is 0 Å². The summed E-state index contributed by atoms with van der Waals surface area (Å²) >= 11 is 0. The first-order chi connectivity index (χ1) is 5.83. The minimum Gasteiger partial charge on any atom is -0.396 e. The molecular weight excluding hydrogens is 157 g/mol. The number of anilines is 1. The van der Waals surface area contributed by atoms with Crippen LogP contribution in [0, 0.1) is 5.82 Å². The van der Waals surface area contributed by atoms with Gasteiger partial charge < -0.3 is 10.4 Å². The van der Waals surface area contributed by atoms with Gasteiger partial charge in [0.05, 0.1) is 12.3 Å². The third-order valence-electron chi connectivity index (χ3n) is 2.23. The predicted octanol–water partition coefficient (Wildman–Crippen LogP) is 1.33. The molecule has 0 fully saturated rings. The van der Waals surface area contributed by atoms with E-state index >= 15 is 0 Å². The van der Waals surface area contributed by atoms with Crippen molar-refractivity contribution in [3.05, 3.63) is 29.6 Å². The number of nitrogens with one attached hydrogen (secondary N) is 1. The summed E-state index contributed by atoms with van der Waals surface area (Å²) in [6.07, 6.45) is 0. The van der Waals surface area contributed by atoms with Gasteiger partial charge in [-0.05, 0) is 11.6 Å². The number of halogens is 1. The lowest BCUT2D eigenvalue weighted by atomic mass is 10.0. The molecule has 12 heavy (non-hydrogen) atoms. The second-order valence-electron chi connectivity index (χ2n) is 2.96. The fraction of sp³-hybridized carbons (Fsp3) is 0.333. The van der Waals surface area contributed by atoms with Gasteiger partial charge in [0.1, 0.15) is 5.82 Å². The molecule has 2 N–H and O–H groups in total. The van der Waals surface area contributed by atoms with E-state index in [0.717, 1.165) is 5.56 Å². The van der Waals surface area contributed by atoms with Gasteiger partial charge in [0, 0.05) is 12.5 Å². The summed E-state index contributed by atoms with van der Waals surface area (Å²) in [7, 11) is 0. The SMILES string of the molecule is OCC1CNc2c(F)cccc21. The van der Waals surface area contributed by atoms with E-state index < -0.39 is 0 Å². The number of hydrogen-bond acceptors (Lipinski definition) is 2. The highest BCUT2D eigenvalue weighted by Gasteiger charge is 2.23. The molecule has 0 saturated carbocycles. The van der Waals surface area contributed by atoms with Crippen LogP contribution in [0.2, 0.25) is 0 Å². The first-order valence-electron chi connectivity index (χ1n) is 3.96. The predicted molar refractivity (Wildman–Crippen MR) is 44.7 cm³/mol. The van der Waals surface area contributed by atoms with Crippen LogP contribution in [0.1, 0.15) is 11.5 Å². The van der Waals surface area contributed by atoms with Gasteiger partial charge in [-0.3, -0.25) is 0 Å². The zero-order chi connectivity index (χ0) is 8.55. The molecule has 0 radical (unpaired) electrons. The molecule has 2 rings (SSSR count). The molecule has 2 nitrogen and oxygen atoms in total. The molecule has 0 amide bonds. The Bertz CT molecular complexity index is 301. The largest absolute Gasteiger partial charge is 0.396 e. The van der Waals surface area contributed by atoms with Crippen LogP contribution in [0.15, 0.2) is 18.2 Å². The third kappa shape index (κ3) is 0.975. The molecule has 1 aromatic rings. The van der Waals surface area contributed by atoms with E-state index in [4.69, 9.17) is 5.11 Å². The van der Waals surface area contributed by atoms with Gasteiger partial charge >= 0.3 is 0 Å². The highest BCUT2D eigenvalue weighted by Crippen LogP contribution is 2.32. The van der Waals surface area contributed by atoms with Crippen LogP contribution >= 0.6 is 0 Å². The second-order valence-corrected chi connectivity index (χ2v) is 2.96. The molecular formula is C9H10FNO. The highest BCUT2D eigenvalue weighted by atomic mass is 19.1. The lowest BCUT2D eigenvalue weighted by Crippen LogP contribution is -2.05. The van der Waals surface area contributed by atoms with Gasteiger partial charge in [-0.1, -0.05) is 12.1 Å². The van der Waals surface area contributed by atoms with Crippen LogP contribution < -0.4 is 5.32 Å². The Balaban J connectivity index is 2.46. The Morgan fingerprint density at radius 3 is 3.17 bits per heavy atom. The first kappa shape index (κ1) is 7.55. The van der Waals surface area contributed by atoms with Crippen molar-refractivity contribution in [1.82, 2.24) is 0 Å². The van der Waals surface area contributed by atoms with Crippen LogP contribution in [0.25, 0.3) is 0 Å². The van der Waals surface area contributed by atoms with Crippen LogP contribution in [-0.4, -0.2) is 18.3 Å². The number of hydrogen-bond donors (Lipinski definition) is 2. The Kier molecular flexibility index (Phi) is 1.73. The molecule has 0 spiro atoms. The summed E-state index contributed by atoms with van der Waals surface area (Å²) < 4.78 is 13.1. The maximum Gasteiger partial charge on any atom is 0.146 e. The van der Waals surface area contributed by atoms with Crippen LogP contribution in [0.5, 0.6) is 0 Å². The molecule has 0 saturated heterocycles. The van der Waals surface area contributed by atoms with Crippen molar-refractivity contribution in [3.63, 3.8) is 0 Å². The topological polar surface area (TPSA) is 32.3 Å². The van der Waals surface area contributed by atoms with E-state index in [1.807, 2.05) is 6.07 Å². The maximum absolute atomic E-state index is 13.1. The molecule has 0 aliphatic carbocycles. The summed E-state index contributed by atoms with van der Waals surface area (Å²) in [5, 5.41) is 11.9. The van der Waals surface area contributed by atoms with Crippen molar-refractivity contribution >= 4 is 5.69 Å². The minimum absolute atomic E-state index is 0.0516. The number of aliphatic hydroxyl groups is 1. The standard InChI is InChI=1S/C9H10FNO/c10-8-3-1-2-7-6(5-12)4-11-9(7)8/h1-3,6,11-12H,4-5H2. The van der Waals surface area contributed by atoms with Crippen molar-refractivity contribution in [2.24, 2.45) is 0 Å². The number of benzene rings is 1. The van der Waals surface area contributed by atoms with Gasteiger partial charge in [0.15, 0.2) is 0 Å². The van der Waals surface area contributed by atoms with Crippen molar-refractivity contribution in [2.75, 3.05) is 18.5 Å². The fourth-order valence-electron chi connectivity index (χ4n) is 1.57. The number of fused-ring (bicyclic) bond motifs is 1. The number of para-hydroxylation sites is 1. The molecule has 1 atom stereocenters. The van der Waals surface area contributed by atoms with Gasteiger partial charge in [0.25, 0.3) is 0 Å². The van der Waals surface area contributed by atoms with Gasteiger partial charge in [-0.25, -0.2) is 4.39 Å². The average Bonchev–Trinajstić information content (AvgIpc) is 2.49. The zero-order valence-electron chi connectivity index (χ0n) is 6.55. The van der Waals surface area contributed by atoms with E-state index in [-0.39, 0.29) is 18.3 Å². The Hall–Kier alpha value is -1.09. The second kappa shape index (κ2) is 2.75. The van der Waals surface area contributed by atoms with Crippen LogP contribution in [-0.2, 0) is 0 Å². The normalized spacial score (nSPS) is 20.3. The van der Waals surface area contributed by atoms with Crippen molar-refractivity contribution in [1.29, 1.82) is 0 Å². The Labute approximate surface area is 70.0 Å². The van der Waals surface area contributed by atoms with E-state index in [2.05, 4.69) is 5.32 Å². The third-order valence-corrected chi connectivity index (χ3v) is 2.23. The molecule has 1 aliphatic heterocycles. The number of rotatable bonds is 1. The van der Waals surface area contributed by atoms with Crippen molar-refractivity contribution in [3.8, 4) is 0 Å². The summed E-state index contributed by atoms with van der Waals surface area (Å²) in [6.45, 7) is 0.705. The molecule has 64 valence electrons. The zero-order valence-corrected chi connectivity index (χ0v) is 6.55. The summed E-state index contributed by atoms with van der Waals surface area (Å²) in [5.41, 5.74) is 1.44. The van der Waals surface area contributed by atoms with E-state index in [9.17, 15) is 4.39 Å². The van der Waals surface area contributed by atoms with Crippen molar-refractivity contribution in [2.45, 2.75) is 5.92 Å². The van der Waals surface area contributed by atoms with Crippen LogP contribution in [0.4, 0.5) is 10.1 Å². The molecule has 1 aromatic carbocycles. The summed E-state index contributed by atoms with van der Waals surface area (Å²) in [4.78, 5) is 0. The van der Waals surface area contributed by atoms with E-state index in [1.54, 1.807) is 6.07 Å². The van der Waals surface area contributed by atoms with Gasteiger partial charge in [0.2, 0.25) is 0 Å².